The standard InChI is InChI=1S/C13H15N3O4/c1-8-7-9(3-4-10(8)20-2)11-12(18)14-13(19)16(15-11)5-6-17/h3-4,7,17H,5-6H2,1-2H3,(H,14,18,19). The molecule has 0 saturated carbocycles. The summed E-state index contributed by atoms with van der Waals surface area (Å²) in [6.45, 7) is 1.64. The maximum absolute atomic E-state index is 11.8. The Hall–Kier alpha value is -2.41. The predicted molar refractivity (Wildman–Crippen MR) is 72.9 cm³/mol. The quantitative estimate of drug-likeness (QED) is 0.814. The second kappa shape index (κ2) is 5.70. The number of hydrogen-bond acceptors (Lipinski definition) is 5. The van der Waals surface area contributed by atoms with Crippen LogP contribution in [0.5, 0.6) is 5.75 Å². The van der Waals surface area contributed by atoms with Crippen molar-refractivity contribution in [2.45, 2.75) is 13.5 Å². The molecule has 7 heteroatoms. The Kier molecular flexibility index (Phi) is 3.99. The molecule has 0 bridgehead atoms. The molecule has 0 aliphatic rings. The number of H-pyrrole nitrogens is 1. The van der Waals surface area contributed by atoms with Crippen LogP contribution < -0.4 is 16.0 Å². The summed E-state index contributed by atoms with van der Waals surface area (Å²) in [6.07, 6.45) is 0. The van der Waals surface area contributed by atoms with Crippen LogP contribution >= 0.6 is 0 Å². The van der Waals surface area contributed by atoms with E-state index in [4.69, 9.17) is 9.84 Å². The molecule has 7 nitrogen and oxygen atoms in total. The molecule has 2 rings (SSSR count). The van der Waals surface area contributed by atoms with Crippen molar-refractivity contribution in [2.24, 2.45) is 0 Å². The lowest BCUT2D eigenvalue weighted by molar-refractivity contribution is 0.265. The number of nitrogens with one attached hydrogen (secondary N) is 1. The van der Waals surface area contributed by atoms with E-state index < -0.39 is 11.2 Å². The van der Waals surface area contributed by atoms with Gasteiger partial charge in [0.2, 0.25) is 0 Å². The fourth-order valence-corrected chi connectivity index (χ4v) is 1.89. The maximum atomic E-state index is 11.8. The minimum absolute atomic E-state index is 0.0255. The number of benzene rings is 1. The molecule has 0 radical (unpaired) electrons. The molecule has 0 saturated heterocycles. The second-order valence-electron chi connectivity index (χ2n) is 4.24. The summed E-state index contributed by atoms with van der Waals surface area (Å²) in [5.74, 6) is 0.703. The third-order valence-corrected chi connectivity index (χ3v) is 2.87. The number of aliphatic hydroxyl groups is 1. The van der Waals surface area contributed by atoms with Gasteiger partial charge in [0.25, 0.3) is 5.56 Å². The smallest absolute Gasteiger partial charge is 0.344 e. The molecule has 0 aliphatic carbocycles. The largest absolute Gasteiger partial charge is 0.496 e. The van der Waals surface area contributed by atoms with Crippen LogP contribution in [-0.4, -0.2) is 33.6 Å². The second-order valence-corrected chi connectivity index (χ2v) is 4.24. The molecule has 2 aromatic rings. The average Bonchev–Trinajstić information content (AvgIpc) is 2.42. The maximum Gasteiger partial charge on any atom is 0.344 e. The lowest BCUT2D eigenvalue weighted by Gasteiger charge is -2.08. The highest BCUT2D eigenvalue weighted by Crippen LogP contribution is 2.22. The third-order valence-electron chi connectivity index (χ3n) is 2.87. The van der Waals surface area contributed by atoms with Crippen molar-refractivity contribution in [1.29, 1.82) is 0 Å². The summed E-state index contributed by atoms with van der Waals surface area (Å²) < 4.78 is 6.18. The summed E-state index contributed by atoms with van der Waals surface area (Å²) >= 11 is 0. The van der Waals surface area contributed by atoms with Gasteiger partial charge >= 0.3 is 5.69 Å². The molecule has 0 spiro atoms. The van der Waals surface area contributed by atoms with Gasteiger partial charge in [-0.3, -0.25) is 9.78 Å². The first-order chi connectivity index (χ1) is 9.56. The van der Waals surface area contributed by atoms with Crippen LogP contribution in [0.3, 0.4) is 0 Å². The van der Waals surface area contributed by atoms with Gasteiger partial charge in [-0.25, -0.2) is 9.48 Å². The first kappa shape index (κ1) is 14.0. The number of rotatable bonds is 4. The number of aryl methyl sites for hydroxylation is 1. The number of hydrogen-bond donors (Lipinski definition) is 2. The molecule has 20 heavy (non-hydrogen) atoms. The van der Waals surface area contributed by atoms with Gasteiger partial charge in [0.1, 0.15) is 5.75 Å². The zero-order valence-electron chi connectivity index (χ0n) is 11.2. The number of methoxy groups -OCH3 is 1. The molecule has 0 unspecified atom stereocenters. The van der Waals surface area contributed by atoms with E-state index in [2.05, 4.69) is 10.1 Å². The van der Waals surface area contributed by atoms with Crippen molar-refractivity contribution >= 4 is 0 Å². The summed E-state index contributed by atoms with van der Waals surface area (Å²) in [4.78, 5) is 25.5. The fourth-order valence-electron chi connectivity index (χ4n) is 1.89. The minimum Gasteiger partial charge on any atom is -0.496 e. The molecule has 106 valence electrons. The van der Waals surface area contributed by atoms with E-state index in [0.29, 0.717) is 11.3 Å². The number of ether oxygens (including phenoxy) is 1. The van der Waals surface area contributed by atoms with Crippen molar-refractivity contribution in [2.75, 3.05) is 13.7 Å². The van der Waals surface area contributed by atoms with Crippen LogP contribution in [0.1, 0.15) is 5.56 Å². The van der Waals surface area contributed by atoms with Gasteiger partial charge in [0.15, 0.2) is 5.69 Å². The van der Waals surface area contributed by atoms with E-state index in [1.165, 1.54) is 0 Å². The number of aromatic amines is 1. The van der Waals surface area contributed by atoms with E-state index in [9.17, 15) is 9.59 Å². The van der Waals surface area contributed by atoms with Crippen LogP contribution in [0.25, 0.3) is 11.3 Å². The van der Waals surface area contributed by atoms with Crippen molar-refractivity contribution in [3.05, 3.63) is 44.6 Å². The van der Waals surface area contributed by atoms with Gasteiger partial charge < -0.3 is 9.84 Å². The van der Waals surface area contributed by atoms with Crippen LogP contribution in [-0.2, 0) is 6.54 Å². The predicted octanol–water partition coefficient (Wildman–Crippen LogP) is -0.0921. The summed E-state index contributed by atoms with van der Waals surface area (Å²) in [5, 5.41) is 12.9. The molecule has 0 amide bonds. The third kappa shape index (κ3) is 2.62. The van der Waals surface area contributed by atoms with Crippen molar-refractivity contribution < 1.29 is 9.84 Å². The van der Waals surface area contributed by atoms with Crippen LogP contribution in [0.2, 0.25) is 0 Å². The minimum atomic E-state index is -0.641. The summed E-state index contributed by atoms with van der Waals surface area (Å²) in [6, 6.07) is 5.18. The Morgan fingerprint density at radius 1 is 1.40 bits per heavy atom. The Morgan fingerprint density at radius 2 is 2.15 bits per heavy atom. The summed E-state index contributed by atoms with van der Waals surface area (Å²) in [7, 11) is 1.56. The van der Waals surface area contributed by atoms with Crippen molar-refractivity contribution in [3.63, 3.8) is 0 Å². The first-order valence-corrected chi connectivity index (χ1v) is 6.04. The molecule has 1 aromatic heterocycles. The van der Waals surface area contributed by atoms with Crippen molar-refractivity contribution in [1.82, 2.24) is 14.8 Å². The number of nitrogens with zero attached hydrogens (tertiary/aromatic N) is 2. The molecule has 2 N–H and O–H groups in total. The molecule has 1 aromatic carbocycles. The highest BCUT2D eigenvalue weighted by atomic mass is 16.5. The van der Waals surface area contributed by atoms with E-state index in [1.54, 1.807) is 25.3 Å². The zero-order chi connectivity index (χ0) is 14.7. The average molecular weight is 277 g/mol. The topological polar surface area (TPSA) is 97.2 Å². The van der Waals surface area contributed by atoms with E-state index in [0.717, 1.165) is 10.2 Å². The fraction of sp³-hybridized carbons (Fsp3) is 0.308. The van der Waals surface area contributed by atoms with E-state index in [-0.39, 0.29) is 18.8 Å². The molecular weight excluding hydrogens is 262 g/mol. The van der Waals surface area contributed by atoms with E-state index >= 15 is 0 Å². The van der Waals surface area contributed by atoms with Gasteiger partial charge in [0, 0.05) is 5.56 Å². The molecular formula is C13H15N3O4. The Bertz CT molecular complexity index is 733. The monoisotopic (exact) mass is 277 g/mol. The number of aromatic nitrogens is 3. The molecule has 0 fully saturated rings. The molecule has 0 atom stereocenters. The van der Waals surface area contributed by atoms with Gasteiger partial charge in [-0.1, -0.05) is 0 Å². The zero-order valence-corrected chi connectivity index (χ0v) is 11.2. The summed E-state index contributed by atoms with van der Waals surface area (Å²) in [5.41, 5.74) is 0.359. The highest BCUT2D eigenvalue weighted by molar-refractivity contribution is 5.60. The lowest BCUT2D eigenvalue weighted by atomic mass is 10.1. The van der Waals surface area contributed by atoms with Gasteiger partial charge in [0.05, 0.1) is 20.3 Å². The SMILES string of the molecule is COc1ccc(-c2nn(CCO)c(=O)[nH]c2=O)cc1C. The van der Waals surface area contributed by atoms with Crippen LogP contribution in [0.15, 0.2) is 27.8 Å². The Morgan fingerprint density at radius 3 is 2.75 bits per heavy atom. The Labute approximate surface area is 114 Å². The van der Waals surface area contributed by atoms with Gasteiger partial charge in [-0.05, 0) is 30.7 Å². The van der Waals surface area contributed by atoms with Gasteiger partial charge in [-0.15, -0.1) is 0 Å². The molecule has 0 aliphatic heterocycles. The number of aliphatic hydroxyl groups excluding tert-OH is 1. The van der Waals surface area contributed by atoms with E-state index in [1.807, 2.05) is 6.92 Å². The van der Waals surface area contributed by atoms with Gasteiger partial charge in [-0.2, -0.15) is 5.10 Å². The normalized spacial score (nSPS) is 10.6. The first-order valence-electron chi connectivity index (χ1n) is 6.04. The highest BCUT2D eigenvalue weighted by Gasteiger charge is 2.10. The Balaban J connectivity index is 2.57. The van der Waals surface area contributed by atoms with Crippen LogP contribution in [0, 0.1) is 6.92 Å². The van der Waals surface area contributed by atoms with Crippen molar-refractivity contribution in [3.8, 4) is 17.0 Å². The molecule has 1 heterocycles. The van der Waals surface area contributed by atoms with Crippen LogP contribution in [0.4, 0.5) is 0 Å². The lowest BCUT2D eigenvalue weighted by Crippen LogP contribution is -2.34.